The zero-order chi connectivity index (χ0) is 27.7. The summed E-state index contributed by atoms with van der Waals surface area (Å²) in [4.78, 5) is 39.6. The first-order chi connectivity index (χ1) is 17.9. The Labute approximate surface area is 229 Å². The number of fused-ring (bicyclic) bond motifs is 3. The molecule has 0 aromatic heterocycles. The van der Waals surface area contributed by atoms with Crippen molar-refractivity contribution in [3.63, 3.8) is 0 Å². The van der Waals surface area contributed by atoms with Crippen LogP contribution in [0, 0.1) is 0 Å². The molecule has 0 spiro atoms. The fourth-order valence-corrected chi connectivity index (χ4v) is 5.66. The molecule has 5 unspecified atom stereocenters. The zero-order valence-corrected chi connectivity index (χ0v) is 22.3. The topological polar surface area (TPSA) is 186 Å². The van der Waals surface area contributed by atoms with Crippen molar-refractivity contribution >= 4 is 29.8 Å². The van der Waals surface area contributed by atoms with Crippen molar-refractivity contribution in [3.8, 4) is 17.2 Å². The van der Waals surface area contributed by atoms with Gasteiger partial charge in [0.05, 0.1) is 42.1 Å². The molecular weight excluding hydrogens is 534 g/mol. The number of carbonyl (C=O) groups excluding carboxylic acids is 3. The number of rotatable bonds is 4. The highest BCUT2D eigenvalue weighted by Crippen LogP contribution is 2.52. The lowest BCUT2D eigenvalue weighted by Gasteiger charge is -2.42. The number of benzene rings is 2. The minimum absolute atomic E-state index is 0. The number of hydrogen-bond donors (Lipinski definition) is 5. The van der Waals surface area contributed by atoms with E-state index in [0.717, 1.165) is 0 Å². The van der Waals surface area contributed by atoms with Crippen molar-refractivity contribution in [2.45, 2.75) is 69.4 Å². The van der Waals surface area contributed by atoms with Crippen LogP contribution >= 0.6 is 12.4 Å². The summed E-state index contributed by atoms with van der Waals surface area (Å²) >= 11 is 0. The van der Waals surface area contributed by atoms with E-state index in [2.05, 4.69) is 0 Å². The molecule has 3 aliphatic rings. The number of halogens is 1. The first-order valence-electron chi connectivity index (χ1n) is 12.2. The van der Waals surface area contributed by atoms with Crippen molar-refractivity contribution in [2.75, 3.05) is 7.11 Å². The summed E-state index contributed by atoms with van der Waals surface area (Å²) < 4.78 is 17.1. The van der Waals surface area contributed by atoms with Crippen molar-refractivity contribution in [3.05, 3.63) is 51.6 Å². The third-order valence-electron chi connectivity index (χ3n) is 7.80. The van der Waals surface area contributed by atoms with E-state index in [-0.39, 0.29) is 53.3 Å². The van der Waals surface area contributed by atoms with Crippen LogP contribution in [0.1, 0.15) is 75.8 Å². The van der Waals surface area contributed by atoms with Gasteiger partial charge in [-0.15, -0.1) is 12.4 Å². The van der Waals surface area contributed by atoms with E-state index in [4.69, 9.17) is 19.9 Å². The van der Waals surface area contributed by atoms with Gasteiger partial charge in [0.2, 0.25) is 5.78 Å². The third kappa shape index (κ3) is 4.39. The van der Waals surface area contributed by atoms with E-state index in [1.807, 2.05) is 0 Å². The number of phenols is 2. The van der Waals surface area contributed by atoms with E-state index in [0.29, 0.717) is 0 Å². The number of aliphatic hydroxyl groups excluding tert-OH is 1. The molecule has 1 saturated heterocycles. The van der Waals surface area contributed by atoms with E-state index in [1.54, 1.807) is 6.92 Å². The first kappa shape index (κ1) is 28.9. The highest BCUT2D eigenvalue weighted by Gasteiger charge is 2.49. The summed E-state index contributed by atoms with van der Waals surface area (Å²) in [6.07, 6.45) is -4.53. The molecule has 1 fully saturated rings. The molecule has 0 amide bonds. The summed E-state index contributed by atoms with van der Waals surface area (Å²) in [7, 11) is 1.34. The van der Waals surface area contributed by atoms with Gasteiger partial charge in [-0.3, -0.25) is 14.4 Å². The maximum Gasteiger partial charge on any atom is 0.202 e. The van der Waals surface area contributed by atoms with Crippen molar-refractivity contribution in [1.29, 1.82) is 0 Å². The molecule has 0 radical (unpaired) electrons. The second kappa shape index (κ2) is 10.2. The monoisotopic (exact) mass is 563 g/mol. The Morgan fingerprint density at radius 2 is 1.79 bits per heavy atom. The highest BCUT2D eigenvalue weighted by molar-refractivity contribution is 6.31. The molecule has 2 aromatic rings. The molecular formula is C27H30ClNO10. The number of methoxy groups -OCH3 is 1. The Hall–Kier alpha value is -3.06. The molecule has 0 bridgehead atoms. The quantitative estimate of drug-likeness (QED) is 0.289. The molecule has 2 aromatic carbocycles. The SMILES string of the molecule is COc1cccc2c1C(=O)c1c(O)c3c(c(O)c1C2=O)C[C@@](O)(C(C)=O)CC3OC1CC(N)C(O)C(C)O1.Cl. The summed E-state index contributed by atoms with van der Waals surface area (Å²) in [5, 5.41) is 44.1. The van der Waals surface area contributed by atoms with Crippen LogP contribution in [0.5, 0.6) is 17.2 Å². The molecule has 5 rings (SSSR count). The average Bonchev–Trinajstić information content (AvgIpc) is 2.87. The van der Waals surface area contributed by atoms with E-state index < -0.39 is 82.6 Å². The molecule has 2 aliphatic carbocycles. The molecule has 1 aliphatic heterocycles. The van der Waals surface area contributed by atoms with Gasteiger partial charge >= 0.3 is 0 Å². The number of aromatic hydroxyl groups is 2. The fourth-order valence-electron chi connectivity index (χ4n) is 5.66. The van der Waals surface area contributed by atoms with Crippen LogP contribution in [0.2, 0.25) is 0 Å². The van der Waals surface area contributed by atoms with Gasteiger partial charge in [-0.2, -0.15) is 0 Å². The molecule has 12 heteroatoms. The highest BCUT2D eigenvalue weighted by atomic mass is 35.5. The minimum atomic E-state index is -2.00. The van der Waals surface area contributed by atoms with E-state index in [1.165, 1.54) is 32.2 Å². The van der Waals surface area contributed by atoms with Gasteiger partial charge in [0, 0.05) is 42.0 Å². The standard InChI is InChI=1S/C27H29NO10.ClH/c1-10-22(30)14(28)7-17(37-10)38-16-9-27(35,11(2)29)8-13-19(16)26(34)21-20(24(13)32)23(31)12-5-4-6-15(36-3)18(12)25(21)33;/h4-6,10,14,16-17,22,30,32,34-35H,7-9,28H2,1-3H3;1H/t10?,14?,16?,17?,22?,27-;/m0./s1. The lowest BCUT2D eigenvalue weighted by molar-refractivity contribution is -0.247. The normalized spacial score (nSPS) is 29.5. The predicted octanol–water partition coefficient (Wildman–Crippen LogP) is 1.45. The predicted molar refractivity (Wildman–Crippen MR) is 138 cm³/mol. The largest absolute Gasteiger partial charge is 0.507 e. The van der Waals surface area contributed by atoms with Crippen LogP contribution in [0.25, 0.3) is 0 Å². The summed E-state index contributed by atoms with van der Waals surface area (Å²) in [6, 6.07) is 3.75. The molecule has 6 atom stereocenters. The van der Waals surface area contributed by atoms with Gasteiger partial charge < -0.3 is 40.4 Å². The van der Waals surface area contributed by atoms with Crippen LogP contribution in [-0.2, 0) is 20.7 Å². The summed E-state index contributed by atoms with van der Waals surface area (Å²) in [6.45, 7) is 2.79. The number of carbonyl (C=O) groups is 3. The molecule has 0 saturated carbocycles. The van der Waals surface area contributed by atoms with Crippen LogP contribution in [-0.4, -0.2) is 75.0 Å². The van der Waals surface area contributed by atoms with Gasteiger partial charge in [-0.25, -0.2) is 0 Å². The number of nitrogens with two attached hydrogens (primary N) is 1. The van der Waals surface area contributed by atoms with E-state index in [9.17, 15) is 34.8 Å². The Morgan fingerprint density at radius 1 is 1.13 bits per heavy atom. The number of ether oxygens (including phenoxy) is 3. The second-order valence-electron chi connectivity index (χ2n) is 10.1. The Balaban J connectivity index is 0.00000353. The Kier molecular flexibility index (Phi) is 7.54. The van der Waals surface area contributed by atoms with Gasteiger partial charge in [-0.05, 0) is 19.9 Å². The van der Waals surface area contributed by atoms with Gasteiger partial charge in [0.15, 0.2) is 17.9 Å². The molecule has 210 valence electrons. The molecule has 11 nitrogen and oxygen atoms in total. The van der Waals surface area contributed by atoms with Crippen molar-refractivity contribution < 1.29 is 49.0 Å². The Morgan fingerprint density at radius 3 is 2.41 bits per heavy atom. The van der Waals surface area contributed by atoms with Crippen LogP contribution < -0.4 is 10.5 Å². The summed E-state index contributed by atoms with van der Waals surface area (Å²) in [5.74, 6) is -3.18. The van der Waals surface area contributed by atoms with Crippen LogP contribution in [0.3, 0.4) is 0 Å². The lowest BCUT2D eigenvalue weighted by atomic mass is 9.72. The number of phenolic OH excluding ortho intramolecular Hbond substituents is 2. The van der Waals surface area contributed by atoms with Crippen molar-refractivity contribution in [1.82, 2.24) is 0 Å². The van der Waals surface area contributed by atoms with Gasteiger partial charge in [-0.1, -0.05) is 12.1 Å². The molecule has 1 heterocycles. The zero-order valence-electron chi connectivity index (χ0n) is 21.5. The number of aliphatic hydroxyl groups is 2. The maximum atomic E-state index is 13.6. The number of Topliss-reactive ketones (excluding diaryl/α,β-unsaturated/α-hetero) is 1. The van der Waals surface area contributed by atoms with Gasteiger partial charge in [0.1, 0.15) is 22.8 Å². The van der Waals surface area contributed by atoms with Crippen LogP contribution in [0.4, 0.5) is 0 Å². The number of hydrogen-bond acceptors (Lipinski definition) is 11. The molecule has 6 N–H and O–H groups in total. The maximum absolute atomic E-state index is 13.6. The minimum Gasteiger partial charge on any atom is -0.507 e. The number of ketones is 3. The third-order valence-corrected chi connectivity index (χ3v) is 7.80. The average molecular weight is 564 g/mol. The lowest BCUT2D eigenvalue weighted by Crippen LogP contribution is -2.52. The smallest absolute Gasteiger partial charge is 0.202 e. The Bertz CT molecular complexity index is 1370. The summed E-state index contributed by atoms with van der Waals surface area (Å²) in [5.41, 5.74) is 2.97. The van der Waals surface area contributed by atoms with Gasteiger partial charge in [0.25, 0.3) is 0 Å². The van der Waals surface area contributed by atoms with E-state index >= 15 is 0 Å². The molecule has 39 heavy (non-hydrogen) atoms. The first-order valence-corrected chi connectivity index (χ1v) is 12.2. The van der Waals surface area contributed by atoms with Crippen LogP contribution in [0.15, 0.2) is 18.2 Å². The fraction of sp³-hybridized carbons (Fsp3) is 0.444. The van der Waals surface area contributed by atoms with Crippen molar-refractivity contribution in [2.24, 2.45) is 5.73 Å². The second-order valence-corrected chi connectivity index (χ2v) is 10.1.